The molecule has 0 fully saturated rings. The topological polar surface area (TPSA) is 46.6 Å². The van der Waals surface area contributed by atoms with Gasteiger partial charge in [0.2, 0.25) is 0 Å². The van der Waals surface area contributed by atoms with Gasteiger partial charge in [-0.05, 0) is 80.1 Å². The Morgan fingerprint density at radius 3 is 2.50 bits per heavy atom. The summed E-state index contributed by atoms with van der Waals surface area (Å²) in [5.74, 6) is -0.459. The number of anilines is 1. The molecule has 0 bridgehead atoms. The lowest BCUT2D eigenvalue weighted by atomic mass is 9.94. The van der Waals surface area contributed by atoms with Crippen LogP contribution >= 0.6 is 0 Å². The summed E-state index contributed by atoms with van der Waals surface area (Å²) >= 11 is 0. The number of alkyl halides is 2. The van der Waals surface area contributed by atoms with Crippen molar-refractivity contribution >= 4 is 15.7 Å². The summed E-state index contributed by atoms with van der Waals surface area (Å²) in [7, 11) is -3.95. The smallest absolute Gasteiger partial charge is 0.394 e. The predicted molar refractivity (Wildman–Crippen MR) is 125 cm³/mol. The molecule has 1 aliphatic heterocycles. The van der Waals surface area contributed by atoms with E-state index in [2.05, 4.69) is 4.74 Å². The molecule has 0 saturated carbocycles. The summed E-state index contributed by atoms with van der Waals surface area (Å²) in [4.78, 5) is 0.140. The molecule has 4 nitrogen and oxygen atoms in total. The lowest BCUT2D eigenvalue weighted by molar-refractivity contribution is -0.158. The van der Waals surface area contributed by atoms with Crippen molar-refractivity contribution in [3.63, 3.8) is 0 Å². The van der Waals surface area contributed by atoms with E-state index >= 15 is 0 Å². The van der Waals surface area contributed by atoms with E-state index in [9.17, 15) is 21.6 Å². The van der Waals surface area contributed by atoms with Crippen LogP contribution in [0.25, 0.3) is 0 Å². The van der Waals surface area contributed by atoms with Crippen molar-refractivity contribution in [1.29, 1.82) is 0 Å². The maximum atomic E-state index is 14.2. The van der Waals surface area contributed by atoms with Gasteiger partial charge in [0.15, 0.2) is 0 Å². The summed E-state index contributed by atoms with van der Waals surface area (Å²) in [5.41, 5.74) is 2.80. The van der Waals surface area contributed by atoms with Gasteiger partial charge in [0.1, 0.15) is 11.6 Å². The lowest BCUT2D eigenvalue weighted by Gasteiger charge is -2.38. The highest BCUT2D eigenvalue weighted by Gasteiger charge is 2.36. The van der Waals surface area contributed by atoms with E-state index in [1.54, 1.807) is 42.5 Å². The molecule has 0 aromatic heterocycles. The van der Waals surface area contributed by atoms with Crippen molar-refractivity contribution in [1.82, 2.24) is 0 Å². The number of nitrogens with zero attached hydrogens (tertiary/aromatic N) is 1. The zero-order valence-corrected chi connectivity index (χ0v) is 19.8. The fourth-order valence-corrected chi connectivity index (χ4v) is 6.04. The van der Waals surface area contributed by atoms with Crippen LogP contribution in [0.3, 0.4) is 0 Å². The van der Waals surface area contributed by atoms with Gasteiger partial charge in [0.25, 0.3) is 10.0 Å². The Labute approximate surface area is 198 Å². The highest BCUT2D eigenvalue weighted by molar-refractivity contribution is 7.92. The molecule has 0 radical (unpaired) electrons. The Hall–Kier alpha value is -3.00. The first-order valence-electron chi connectivity index (χ1n) is 11.1. The molecule has 1 heterocycles. The van der Waals surface area contributed by atoms with Crippen molar-refractivity contribution in [2.45, 2.75) is 56.6 Å². The number of aryl methyl sites for hydroxylation is 3. The van der Waals surface area contributed by atoms with Gasteiger partial charge in [-0.3, -0.25) is 4.31 Å². The molecule has 34 heavy (non-hydrogen) atoms. The van der Waals surface area contributed by atoms with Crippen LogP contribution in [0.4, 0.5) is 18.9 Å². The number of hydrogen-bond acceptors (Lipinski definition) is 3. The fraction of sp³-hybridized carbons (Fsp3) is 0.308. The SMILES string of the molecule is Cc1ccc(S(=O)(=O)N2c3cc(F)ccc3CCC2CCc2cccc(OC(C)(F)F)c2)cc1. The Bertz CT molecular complexity index is 1270. The summed E-state index contributed by atoms with van der Waals surface area (Å²) in [6.07, 6.45) is -1.23. The van der Waals surface area contributed by atoms with Crippen LogP contribution in [-0.4, -0.2) is 20.6 Å². The highest BCUT2D eigenvalue weighted by atomic mass is 32.2. The number of halogens is 3. The maximum absolute atomic E-state index is 14.2. The molecule has 0 amide bonds. The number of benzene rings is 3. The minimum absolute atomic E-state index is 0.0465. The highest BCUT2D eigenvalue weighted by Crippen LogP contribution is 2.37. The van der Waals surface area contributed by atoms with Crippen molar-refractivity contribution in [3.05, 3.63) is 89.2 Å². The first-order chi connectivity index (χ1) is 16.0. The minimum atomic E-state index is -3.95. The van der Waals surface area contributed by atoms with Crippen LogP contribution in [0.2, 0.25) is 0 Å². The van der Waals surface area contributed by atoms with Gasteiger partial charge in [0, 0.05) is 13.0 Å². The van der Waals surface area contributed by atoms with Gasteiger partial charge < -0.3 is 4.74 Å². The molecule has 3 aromatic rings. The van der Waals surface area contributed by atoms with Gasteiger partial charge in [-0.25, -0.2) is 12.8 Å². The molecule has 1 unspecified atom stereocenters. The number of sulfonamides is 1. The monoisotopic (exact) mass is 489 g/mol. The Morgan fingerprint density at radius 1 is 1.06 bits per heavy atom. The van der Waals surface area contributed by atoms with E-state index < -0.39 is 28.0 Å². The Morgan fingerprint density at radius 2 is 1.79 bits per heavy atom. The van der Waals surface area contributed by atoms with Crippen LogP contribution in [0, 0.1) is 12.7 Å². The number of ether oxygens (including phenoxy) is 1. The molecule has 4 rings (SSSR count). The number of rotatable bonds is 7. The molecule has 1 atom stereocenters. The van der Waals surface area contributed by atoms with Crippen molar-refractivity contribution in [3.8, 4) is 5.75 Å². The number of fused-ring (bicyclic) bond motifs is 1. The van der Waals surface area contributed by atoms with Crippen LogP contribution in [-0.2, 0) is 22.9 Å². The summed E-state index contributed by atoms with van der Waals surface area (Å²) in [5, 5.41) is 0. The number of hydrogen-bond donors (Lipinski definition) is 0. The van der Waals surface area contributed by atoms with Crippen LogP contribution in [0.15, 0.2) is 71.6 Å². The van der Waals surface area contributed by atoms with Gasteiger partial charge in [-0.2, -0.15) is 8.78 Å². The first kappa shape index (κ1) is 24.1. The molecule has 180 valence electrons. The zero-order valence-electron chi connectivity index (χ0n) is 19.0. The molecule has 0 N–H and O–H groups in total. The average molecular weight is 490 g/mol. The van der Waals surface area contributed by atoms with Gasteiger partial charge in [-0.15, -0.1) is 0 Å². The summed E-state index contributed by atoms with van der Waals surface area (Å²) in [6.45, 7) is 2.54. The second kappa shape index (κ2) is 9.33. The molecular weight excluding hydrogens is 463 g/mol. The van der Waals surface area contributed by atoms with Gasteiger partial charge >= 0.3 is 6.11 Å². The van der Waals surface area contributed by atoms with E-state index in [-0.39, 0.29) is 10.6 Å². The minimum Gasteiger partial charge on any atom is -0.433 e. The summed E-state index contributed by atoms with van der Waals surface area (Å²) < 4.78 is 74.0. The maximum Gasteiger partial charge on any atom is 0.394 e. The second-order valence-corrected chi connectivity index (χ2v) is 10.5. The van der Waals surface area contributed by atoms with Crippen LogP contribution in [0.5, 0.6) is 5.75 Å². The van der Waals surface area contributed by atoms with E-state index in [4.69, 9.17) is 0 Å². The molecule has 1 aliphatic rings. The first-order valence-corrected chi connectivity index (χ1v) is 12.5. The van der Waals surface area contributed by atoms with E-state index in [0.717, 1.165) is 16.7 Å². The van der Waals surface area contributed by atoms with E-state index in [0.29, 0.717) is 38.3 Å². The second-order valence-electron chi connectivity index (χ2n) is 8.68. The van der Waals surface area contributed by atoms with Gasteiger partial charge in [0.05, 0.1) is 10.6 Å². The quantitative estimate of drug-likeness (QED) is 0.393. The van der Waals surface area contributed by atoms with Crippen molar-refractivity contribution in [2.24, 2.45) is 0 Å². The van der Waals surface area contributed by atoms with E-state index in [1.807, 2.05) is 6.92 Å². The Kier molecular flexibility index (Phi) is 6.62. The lowest BCUT2D eigenvalue weighted by Crippen LogP contribution is -2.44. The third-order valence-corrected chi connectivity index (χ3v) is 7.78. The molecule has 0 spiro atoms. The fourth-order valence-electron chi connectivity index (χ4n) is 4.31. The zero-order chi connectivity index (χ0) is 24.5. The van der Waals surface area contributed by atoms with Crippen molar-refractivity contribution in [2.75, 3.05) is 4.31 Å². The Balaban J connectivity index is 1.65. The average Bonchev–Trinajstić information content (AvgIpc) is 2.76. The largest absolute Gasteiger partial charge is 0.433 e. The molecular formula is C26H26F3NO3S. The third kappa shape index (κ3) is 5.38. The molecule has 0 saturated heterocycles. The predicted octanol–water partition coefficient (Wildman–Crippen LogP) is 6.27. The van der Waals surface area contributed by atoms with E-state index in [1.165, 1.54) is 28.6 Å². The van der Waals surface area contributed by atoms with Crippen LogP contribution < -0.4 is 9.04 Å². The molecule has 8 heteroatoms. The normalized spacial score (nSPS) is 16.3. The van der Waals surface area contributed by atoms with Crippen LogP contribution in [0.1, 0.15) is 36.5 Å². The van der Waals surface area contributed by atoms with Crippen molar-refractivity contribution < 1.29 is 26.3 Å². The third-order valence-electron chi connectivity index (χ3n) is 5.90. The van der Waals surface area contributed by atoms with Gasteiger partial charge in [-0.1, -0.05) is 35.9 Å². The summed E-state index contributed by atoms with van der Waals surface area (Å²) in [6, 6.07) is 16.8. The standard InChI is InChI=1S/C26H26F3NO3S/c1-18-6-14-24(15-7-18)34(31,32)30-22(13-10-20-9-11-21(27)17-25(20)30)12-8-19-4-3-5-23(16-19)33-26(2,28)29/h3-7,9,11,14-17,22H,8,10,12-13H2,1-2H3. The molecule has 3 aromatic carbocycles. The molecule has 0 aliphatic carbocycles.